The number of anilines is 1. The molecular formula is C17H18N2O3S2. The maximum absolute atomic E-state index is 12.5. The van der Waals surface area contributed by atoms with E-state index in [1.54, 1.807) is 17.4 Å². The predicted octanol–water partition coefficient (Wildman–Crippen LogP) is 4.19. The summed E-state index contributed by atoms with van der Waals surface area (Å²) in [6.07, 6.45) is 0.986. The van der Waals surface area contributed by atoms with Crippen LogP contribution in [0.2, 0.25) is 0 Å². The van der Waals surface area contributed by atoms with Crippen LogP contribution in [0.4, 0.5) is 10.5 Å². The minimum Gasteiger partial charge on any atom is -0.454 e. The number of nitrogens with one attached hydrogen (secondary N) is 1. The summed E-state index contributed by atoms with van der Waals surface area (Å²) in [6, 6.07) is 9.69. The van der Waals surface area contributed by atoms with E-state index >= 15 is 0 Å². The van der Waals surface area contributed by atoms with E-state index in [1.165, 1.54) is 4.88 Å². The van der Waals surface area contributed by atoms with Gasteiger partial charge >= 0.3 is 6.03 Å². The first-order chi connectivity index (χ1) is 11.8. The fourth-order valence-corrected chi connectivity index (χ4v) is 5.09. The maximum Gasteiger partial charge on any atom is 0.321 e. The number of carbonyl (C=O) groups is 1. The molecule has 1 N–H and O–H groups in total. The van der Waals surface area contributed by atoms with Gasteiger partial charge < -0.3 is 19.7 Å². The van der Waals surface area contributed by atoms with Crippen molar-refractivity contribution in [3.05, 3.63) is 40.6 Å². The highest BCUT2D eigenvalue weighted by molar-refractivity contribution is 7.99. The Balaban J connectivity index is 1.38. The van der Waals surface area contributed by atoms with Gasteiger partial charge in [-0.15, -0.1) is 11.3 Å². The van der Waals surface area contributed by atoms with Gasteiger partial charge in [0, 0.05) is 40.7 Å². The Morgan fingerprint density at radius 2 is 2.12 bits per heavy atom. The van der Waals surface area contributed by atoms with Crippen LogP contribution in [0.5, 0.6) is 11.5 Å². The van der Waals surface area contributed by atoms with Crippen molar-refractivity contribution >= 4 is 34.8 Å². The molecule has 1 fully saturated rings. The first-order valence-corrected chi connectivity index (χ1v) is 9.83. The van der Waals surface area contributed by atoms with E-state index in [-0.39, 0.29) is 12.8 Å². The Bertz CT molecular complexity index is 721. The Morgan fingerprint density at radius 1 is 1.21 bits per heavy atom. The minimum atomic E-state index is -0.0544. The number of ether oxygens (including phenoxy) is 2. The van der Waals surface area contributed by atoms with Gasteiger partial charge in [0.25, 0.3) is 0 Å². The lowest BCUT2D eigenvalue weighted by Crippen LogP contribution is -2.36. The number of benzene rings is 1. The minimum absolute atomic E-state index is 0.0544. The van der Waals surface area contributed by atoms with E-state index in [0.717, 1.165) is 36.7 Å². The van der Waals surface area contributed by atoms with Crippen LogP contribution >= 0.6 is 23.1 Å². The molecule has 2 aliphatic heterocycles. The van der Waals surface area contributed by atoms with E-state index in [2.05, 4.69) is 22.8 Å². The van der Waals surface area contributed by atoms with Crippen molar-refractivity contribution in [2.24, 2.45) is 0 Å². The van der Waals surface area contributed by atoms with E-state index in [0.29, 0.717) is 11.0 Å². The van der Waals surface area contributed by atoms with Gasteiger partial charge in [0.2, 0.25) is 6.79 Å². The monoisotopic (exact) mass is 362 g/mol. The number of hydrogen-bond donors (Lipinski definition) is 1. The van der Waals surface area contributed by atoms with Crippen LogP contribution in [0.15, 0.2) is 35.7 Å². The molecule has 126 valence electrons. The molecule has 2 aromatic rings. The second kappa shape index (κ2) is 6.94. The van der Waals surface area contributed by atoms with Crippen molar-refractivity contribution in [1.29, 1.82) is 0 Å². The number of fused-ring (bicyclic) bond motifs is 1. The zero-order valence-electron chi connectivity index (χ0n) is 13.1. The van der Waals surface area contributed by atoms with Crippen LogP contribution < -0.4 is 14.8 Å². The molecule has 0 aliphatic carbocycles. The number of thiophene rings is 1. The Labute approximate surface area is 148 Å². The summed E-state index contributed by atoms with van der Waals surface area (Å²) in [7, 11) is 0. The number of urea groups is 1. The predicted molar refractivity (Wildman–Crippen MR) is 97.3 cm³/mol. The molecule has 3 heterocycles. The molecular weight excluding hydrogens is 344 g/mol. The van der Waals surface area contributed by atoms with Crippen molar-refractivity contribution in [2.45, 2.75) is 11.7 Å². The van der Waals surface area contributed by atoms with E-state index in [9.17, 15) is 4.79 Å². The fraction of sp³-hybridized carbons (Fsp3) is 0.353. The lowest BCUT2D eigenvalue weighted by atomic mass is 10.2. The van der Waals surface area contributed by atoms with E-state index in [1.807, 2.05) is 28.8 Å². The fourth-order valence-electron chi connectivity index (χ4n) is 2.85. The number of carbonyl (C=O) groups excluding carboxylic acids is 1. The van der Waals surface area contributed by atoms with Gasteiger partial charge in [-0.3, -0.25) is 0 Å². The van der Waals surface area contributed by atoms with Crippen LogP contribution in [0, 0.1) is 0 Å². The van der Waals surface area contributed by atoms with Gasteiger partial charge in [0.05, 0.1) is 0 Å². The highest BCUT2D eigenvalue weighted by atomic mass is 32.2. The lowest BCUT2D eigenvalue weighted by molar-refractivity contribution is 0.174. The van der Waals surface area contributed by atoms with Crippen molar-refractivity contribution in [2.75, 3.05) is 31.0 Å². The Hall–Kier alpha value is -1.86. The first-order valence-electron chi connectivity index (χ1n) is 7.90. The number of thioether (sulfide) groups is 1. The summed E-state index contributed by atoms with van der Waals surface area (Å²) >= 11 is 3.73. The smallest absolute Gasteiger partial charge is 0.321 e. The third kappa shape index (κ3) is 3.32. The van der Waals surface area contributed by atoms with Crippen LogP contribution in [0.1, 0.15) is 16.5 Å². The average Bonchev–Trinajstić information content (AvgIpc) is 3.22. The van der Waals surface area contributed by atoms with E-state index in [4.69, 9.17) is 9.47 Å². The standard InChI is InChI=1S/C17H18N2O3S2/c20-17(18-12-3-4-13-14(10-12)22-11-21-13)19-6-5-16(24-9-7-19)15-2-1-8-23-15/h1-4,8,10,16H,5-7,9,11H2,(H,18,20)/t16-/m1/s1. The third-order valence-electron chi connectivity index (χ3n) is 4.11. The van der Waals surface area contributed by atoms with Crippen LogP contribution in [0.25, 0.3) is 0 Å². The van der Waals surface area contributed by atoms with Crippen molar-refractivity contribution in [1.82, 2.24) is 4.90 Å². The second-order valence-electron chi connectivity index (χ2n) is 5.65. The molecule has 1 aromatic heterocycles. The van der Waals surface area contributed by atoms with Crippen LogP contribution in [-0.4, -0.2) is 36.6 Å². The number of amides is 2. The zero-order valence-corrected chi connectivity index (χ0v) is 14.7. The molecule has 1 aromatic carbocycles. The van der Waals surface area contributed by atoms with Crippen LogP contribution in [0.3, 0.4) is 0 Å². The molecule has 1 atom stereocenters. The highest BCUT2D eigenvalue weighted by Gasteiger charge is 2.23. The first kappa shape index (κ1) is 15.7. The molecule has 24 heavy (non-hydrogen) atoms. The number of rotatable bonds is 2. The Kier molecular flexibility index (Phi) is 4.53. The molecule has 2 amide bonds. The summed E-state index contributed by atoms with van der Waals surface area (Å²) in [4.78, 5) is 15.8. The van der Waals surface area contributed by atoms with Gasteiger partial charge in [0.1, 0.15) is 0 Å². The average molecular weight is 362 g/mol. The van der Waals surface area contributed by atoms with Crippen molar-refractivity contribution in [3.8, 4) is 11.5 Å². The number of nitrogens with zero attached hydrogens (tertiary/aromatic N) is 1. The summed E-state index contributed by atoms with van der Waals surface area (Å²) in [6.45, 7) is 1.77. The largest absolute Gasteiger partial charge is 0.454 e. The molecule has 0 spiro atoms. The Morgan fingerprint density at radius 3 is 3.00 bits per heavy atom. The molecule has 2 aliphatic rings. The molecule has 0 unspecified atom stereocenters. The summed E-state index contributed by atoms with van der Waals surface area (Å²) in [5.41, 5.74) is 0.732. The molecule has 7 heteroatoms. The molecule has 5 nitrogen and oxygen atoms in total. The van der Waals surface area contributed by atoms with E-state index < -0.39 is 0 Å². The third-order valence-corrected chi connectivity index (χ3v) is 6.56. The topological polar surface area (TPSA) is 50.8 Å². The molecule has 4 rings (SSSR count). The van der Waals surface area contributed by atoms with Crippen LogP contribution in [-0.2, 0) is 0 Å². The van der Waals surface area contributed by atoms with Crippen molar-refractivity contribution in [3.63, 3.8) is 0 Å². The normalized spacial score (nSPS) is 19.8. The molecule has 1 saturated heterocycles. The van der Waals surface area contributed by atoms with Gasteiger partial charge in [-0.1, -0.05) is 6.07 Å². The summed E-state index contributed by atoms with van der Waals surface area (Å²) in [5, 5.41) is 5.57. The molecule has 0 radical (unpaired) electrons. The quantitative estimate of drug-likeness (QED) is 0.870. The van der Waals surface area contributed by atoms with Gasteiger partial charge in [-0.2, -0.15) is 11.8 Å². The number of hydrogen-bond acceptors (Lipinski definition) is 5. The van der Waals surface area contributed by atoms with Crippen molar-refractivity contribution < 1.29 is 14.3 Å². The highest BCUT2D eigenvalue weighted by Crippen LogP contribution is 2.37. The molecule has 0 saturated carbocycles. The van der Waals surface area contributed by atoms with Gasteiger partial charge in [-0.05, 0) is 30.0 Å². The zero-order chi connectivity index (χ0) is 16.4. The molecule has 0 bridgehead atoms. The SMILES string of the molecule is O=C(Nc1ccc2c(c1)OCO2)N1CCS[C@@H](c2cccs2)CC1. The maximum atomic E-state index is 12.5. The summed E-state index contributed by atoms with van der Waals surface area (Å²) < 4.78 is 10.6. The summed E-state index contributed by atoms with van der Waals surface area (Å²) in [5.74, 6) is 2.35. The van der Waals surface area contributed by atoms with Gasteiger partial charge in [0.15, 0.2) is 11.5 Å². The van der Waals surface area contributed by atoms with Gasteiger partial charge in [-0.25, -0.2) is 4.79 Å². The lowest BCUT2D eigenvalue weighted by Gasteiger charge is -2.20. The second-order valence-corrected chi connectivity index (χ2v) is 7.94.